The molecule has 0 unspecified atom stereocenters. The Balaban J connectivity index is 1.46. The van der Waals surface area contributed by atoms with Crippen LogP contribution in [0.1, 0.15) is 11.1 Å². The highest BCUT2D eigenvalue weighted by Crippen LogP contribution is 2.15. The summed E-state index contributed by atoms with van der Waals surface area (Å²) in [7, 11) is 3.44. The van der Waals surface area contributed by atoms with Gasteiger partial charge in [-0.25, -0.2) is 4.79 Å². The van der Waals surface area contributed by atoms with E-state index in [9.17, 15) is 4.79 Å². The fourth-order valence-electron chi connectivity index (χ4n) is 3.16. The number of anilines is 1. The number of carbonyl (C=O) groups is 1. The molecule has 5 nitrogen and oxygen atoms in total. The van der Waals surface area contributed by atoms with Crippen molar-refractivity contribution in [2.24, 2.45) is 0 Å². The van der Waals surface area contributed by atoms with Crippen LogP contribution in [0.4, 0.5) is 10.5 Å². The average molecular weight is 400 g/mol. The summed E-state index contributed by atoms with van der Waals surface area (Å²) in [5, 5.41) is 2.97. The van der Waals surface area contributed by atoms with Crippen LogP contribution in [0.2, 0.25) is 0 Å². The van der Waals surface area contributed by atoms with E-state index in [-0.39, 0.29) is 6.03 Å². The van der Waals surface area contributed by atoms with Crippen LogP contribution in [-0.4, -0.2) is 61.1 Å². The molecule has 1 fully saturated rings. The van der Waals surface area contributed by atoms with Crippen LogP contribution in [0.15, 0.2) is 48.5 Å². The van der Waals surface area contributed by atoms with E-state index < -0.39 is 0 Å². The van der Waals surface area contributed by atoms with Crippen molar-refractivity contribution in [1.29, 1.82) is 0 Å². The molecule has 1 saturated heterocycles. The van der Waals surface area contributed by atoms with Gasteiger partial charge in [0.2, 0.25) is 0 Å². The molecule has 0 bridgehead atoms. The number of rotatable bonds is 7. The molecular formula is C22H29N3O2S. The van der Waals surface area contributed by atoms with Crippen molar-refractivity contribution >= 4 is 23.5 Å². The van der Waals surface area contributed by atoms with Crippen LogP contribution in [0.5, 0.6) is 5.75 Å². The van der Waals surface area contributed by atoms with Gasteiger partial charge in [-0.15, -0.1) is 0 Å². The summed E-state index contributed by atoms with van der Waals surface area (Å²) in [6.07, 6.45) is 1.05. The first kappa shape index (κ1) is 20.6. The third-order valence-electron chi connectivity index (χ3n) is 4.95. The zero-order valence-electron chi connectivity index (χ0n) is 16.7. The molecule has 3 rings (SSSR count). The van der Waals surface area contributed by atoms with Crippen molar-refractivity contribution in [2.75, 3.05) is 50.6 Å². The summed E-state index contributed by atoms with van der Waals surface area (Å²) in [4.78, 5) is 16.6. The first-order valence-electron chi connectivity index (χ1n) is 9.68. The van der Waals surface area contributed by atoms with Gasteiger partial charge in [-0.1, -0.05) is 24.3 Å². The molecule has 1 aliphatic heterocycles. The van der Waals surface area contributed by atoms with Crippen molar-refractivity contribution in [1.82, 2.24) is 9.80 Å². The van der Waals surface area contributed by atoms with Gasteiger partial charge in [0.15, 0.2) is 0 Å². The van der Waals surface area contributed by atoms with Gasteiger partial charge in [0, 0.05) is 50.4 Å². The number of nitrogens with one attached hydrogen (secondary N) is 1. The number of nitrogens with zero attached hydrogens (tertiary/aromatic N) is 2. The second-order valence-electron chi connectivity index (χ2n) is 7.04. The van der Waals surface area contributed by atoms with Crippen LogP contribution >= 0.6 is 11.8 Å². The Morgan fingerprint density at radius 3 is 2.36 bits per heavy atom. The monoisotopic (exact) mass is 399 g/mol. The molecule has 2 amide bonds. The van der Waals surface area contributed by atoms with Crippen LogP contribution in [0.25, 0.3) is 0 Å². The predicted molar refractivity (Wildman–Crippen MR) is 117 cm³/mol. The van der Waals surface area contributed by atoms with Crippen molar-refractivity contribution in [3.63, 3.8) is 0 Å². The quantitative estimate of drug-likeness (QED) is 0.766. The number of ether oxygens (including phenoxy) is 1. The topological polar surface area (TPSA) is 44.8 Å². The molecule has 0 spiro atoms. The van der Waals surface area contributed by atoms with Gasteiger partial charge >= 0.3 is 6.03 Å². The van der Waals surface area contributed by atoms with Crippen molar-refractivity contribution < 1.29 is 9.53 Å². The lowest BCUT2D eigenvalue weighted by Gasteiger charge is -2.26. The van der Waals surface area contributed by atoms with Crippen molar-refractivity contribution in [2.45, 2.75) is 13.0 Å². The summed E-state index contributed by atoms with van der Waals surface area (Å²) in [6, 6.07) is 15.8. The van der Waals surface area contributed by atoms with E-state index in [1.807, 2.05) is 48.2 Å². The van der Waals surface area contributed by atoms with Crippen LogP contribution in [-0.2, 0) is 13.0 Å². The fraction of sp³-hybridized carbons (Fsp3) is 0.409. The van der Waals surface area contributed by atoms with Gasteiger partial charge in [-0.3, -0.25) is 0 Å². The summed E-state index contributed by atoms with van der Waals surface area (Å²) < 4.78 is 5.17. The molecule has 1 N–H and O–H groups in total. The summed E-state index contributed by atoms with van der Waals surface area (Å²) in [5.41, 5.74) is 3.19. The molecule has 6 heteroatoms. The summed E-state index contributed by atoms with van der Waals surface area (Å²) >= 11 is 2.04. The van der Waals surface area contributed by atoms with Gasteiger partial charge in [-0.2, -0.15) is 11.8 Å². The average Bonchev–Trinajstić information content (AvgIpc) is 2.74. The molecule has 0 radical (unpaired) electrons. The number of amides is 2. The van der Waals surface area contributed by atoms with E-state index in [0.29, 0.717) is 6.54 Å². The first-order valence-corrected chi connectivity index (χ1v) is 10.8. The van der Waals surface area contributed by atoms with Gasteiger partial charge in [0.05, 0.1) is 7.11 Å². The highest BCUT2D eigenvalue weighted by Gasteiger charge is 2.11. The first-order chi connectivity index (χ1) is 13.6. The van der Waals surface area contributed by atoms with Crippen molar-refractivity contribution in [3.05, 3.63) is 59.7 Å². The number of urea groups is 1. The zero-order chi connectivity index (χ0) is 19.8. The third kappa shape index (κ3) is 6.17. The maximum Gasteiger partial charge on any atom is 0.321 e. The molecule has 28 heavy (non-hydrogen) atoms. The number of thioether (sulfide) groups is 1. The largest absolute Gasteiger partial charge is 0.497 e. The number of carbonyl (C=O) groups excluding carboxylic acids is 1. The van der Waals surface area contributed by atoms with Gasteiger partial charge < -0.3 is 19.9 Å². The SMILES string of the molecule is COc1ccc(CN(C)C(=O)Nc2ccc(CCN3CCSCC3)cc2)cc1. The van der Waals surface area contributed by atoms with E-state index in [1.54, 1.807) is 19.1 Å². The minimum Gasteiger partial charge on any atom is -0.497 e. The minimum absolute atomic E-state index is 0.116. The van der Waals surface area contributed by atoms with Crippen LogP contribution in [0, 0.1) is 0 Å². The molecule has 0 saturated carbocycles. The molecule has 0 atom stereocenters. The van der Waals surface area contributed by atoms with E-state index >= 15 is 0 Å². The molecule has 1 aliphatic rings. The fourth-order valence-corrected chi connectivity index (χ4v) is 4.14. The van der Waals surface area contributed by atoms with E-state index in [0.717, 1.165) is 30.0 Å². The molecule has 2 aromatic carbocycles. The highest BCUT2D eigenvalue weighted by molar-refractivity contribution is 7.99. The molecule has 0 aliphatic carbocycles. The number of benzene rings is 2. The predicted octanol–water partition coefficient (Wildman–Crippen LogP) is 3.95. The number of hydrogen-bond acceptors (Lipinski definition) is 4. The molecular weight excluding hydrogens is 370 g/mol. The Labute approximate surface area is 172 Å². The number of hydrogen-bond donors (Lipinski definition) is 1. The normalized spacial score (nSPS) is 14.5. The van der Waals surface area contributed by atoms with Gasteiger partial charge in [0.1, 0.15) is 5.75 Å². The highest BCUT2D eigenvalue weighted by atomic mass is 32.2. The van der Waals surface area contributed by atoms with E-state index in [4.69, 9.17) is 4.74 Å². The lowest BCUT2D eigenvalue weighted by molar-refractivity contribution is 0.220. The van der Waals surface area contributed by atoms with E-state index in [1.165, 1.54) is 30.2 Å². The second kappa shape index (κ2) is 10.4. The Kier molecular flexibility index (Phi) is 7.62. The Morgan fingerprint density at radius 1 is 1.07 bits per heavy atom. The van der Waals surface area contributed by atoms with Gasteiger partial charge in [-0.05, 0) is 41.8 Å². The van der Waals surface area contributed by atoms with E-state index in [2.05, 4.69) is 22.3 Å². The smallest absolute Gasteiger partial charge is 0.321 e. The summed E-state index contributed by atoms with van der Waals surface area (Å²) in [5.74, 6) is 3.31. The third-order valence-corrected chi connectivity index (χ3v) is 5.89. The maximum absolute atomic E-state index is 12.4. The van der Waals surface area contributed by atoms with Gasteiger partial charge in [0.25, 0.3) is 0 Å². The summed E-state index contributed by atoms with van der Waals surface area (Å²) in [6.45, 7) is 4.04. The molecule has 1 heterocycles. The Hall–Kier alpha value is -2.18. The lowest BCUT2D eigenvalue weighted by atomic mass is 10.1. The van der Waals surface area contributed by atoms with Crippen LogP contribution in [0.3, 0.4) is 0 Å². The molecule has 150 valence electrons. The molecule has 2 aromatic rings. The standard InChI is InChI=1S/C22H29N3O2S/c1-24(17-19-5-9-21(27-2)10-6-19)22(26)23-20-7-3-18(4-8-20)11-12-25-13-15-28-16-14-25/h3-10H,11-17H2,1-2H3,(H,23,26). The lowest BCUT2D eigenvalue weighted by Crippen LogP contribution is -2.34. The molecule has 0 aromatic heterocycles. The zero-order valence-corrected chi connectivity index (χ0v) is 17.5. The number of methoxy groups -OCH3 is 1. The Bertz CT molecular complexity index is 743. The van der Waals surface area contributed by atoms with Crippen LogP contribution < -0.4 is 10.1 Å². The Morgan fingerprint density at radius 2 is 1.71 bits per heavy atom. The maximum atomic E-state index is 12.4. The van der Waals surface area contributed by atoms with Crippen molar-refractivity contribution in [3.8, 4) is 5.75 Å². The second-order valence-corrected chi connectivity index (χ2v) is 8.26. The minimum atomic E-state index is -0.116.